The number of carbonyl (C=O) groups excluding carboxylic acids is 2. The van der Waals surface area contributed by atoms with Gasteiger partial charge in [0.25, 0.3) is 0 Å². The van der Waals surface area contributed by atoms with Crippen molar-refractivity contribution in [2.45, 2.75) is 45.1 Å². The van der Waals surface area contributed by atoms with Crippen molar-refractivity contribution in [3.8, 4) is 0 Å². The Morgan fingerprint density at radius 1 is 1.12 bits per heavy atom. The van der Waals surface area contributed by atoms with Crippen LogP contribution in [0.1, 0.15) is 44.1 Å². The topological polar surface area (TPSA) is 108 Å². The number of hydrogen-bond acceptors (Lipinski definition) is 3. The van der Waals surface area contributed by atoms with Crippen LogP contribution in [-0.2, 0) is 16.1 Å². The van der Waals surface area contributed by atoms with E-state index in [1.807, 2.05) is 24.3 Å². The van der Waals surface area contributed by atoms with E-state index in [9.17, 15) is 14.4 Å². The van der Waals surface area contributed by atoms with Gasteiger partial charge in [0.05, 0.1) is 0 Å². The van der Waals surface area contributed by atoms with E-state index in [0.29, 0.717) is 19.5 Å². The Morgan fingerprint density at radius 3 is 2.60 bits per heavy atom. The maximum Gasteiger partial charge on any atom is 0.315 e. The molecule has 7 nitrogen and oxygen atoms in total. The molecule has 1 saturated carbocycles. The van der Waals surface area contributed by atoms with E-state index < -0.39 is 5.97 Å². The molecular weight excluding hydrogens is 322 g/mol. The molecule has 1 aromatic rings. The summed E-state index contributed by atoms with van der Waals surface area (Å²) in [4.78, 5) is 34.2. The van der Waals surface area contributed by atoms with Gasteiger partial charge >= 0.3 is 12.0 Å². The van der Waals surface area contributed by atoms with Crippen LogP contribution in [0, 0.1) is 5.92 Å². The van der Waals surface area contributed by atoms with Gasteiger partial charge in [-0.15, -0.1) is 0 Å². The first-order chi connectivity index (χ1) is 12.0. The quantitative estimate of drug-likeness (QED) is 0.542. The molecule has 1 fully saturated rings. The maximum absolute atomic E-state index is 12.2. The molecule has 3 amide bonds. The molecule has 0 radical (unpaired) electrons. The number of benzene rings is 1. The third-order valence-corrected chi connectivity index (χ3v) is 4.23. The highest BCUT2D eigenvalue weighted by Gasteiger charge is 2.22. The Hall–Kier alpha value is -2.57. The summed E-state index contributed by atoms with van der Waals surface area (Å²) in [6.07, 6.45) is 4.56. The first-order valence-corrected chi connectivity index (χ1v) is 8.68. The highest BCUT2D eigenvalue weighted by molar-refractivity contribution is 5.92. The van der Waals surface area contributed by atoms with Crippen LogP contribution in [0.2, 0.25) is 0 Å². The van der Waals surface area contributed by atoms with Crippen molar-refractivity contribution >= 4 is 23.6 Å². The minimum absolute atomic E-state index is 0.0308. The minimum atomic E-state index is -0.876. The van der Waals surface area contributed by atoms with Gasteiger partial charge in [-0.05, 0) is 37.0 Å². The number of hydrogen-bond donors (Lipinski definition) is 4. The highest BCUT2D eigenvalue weighted by Crippen LogP contribution is 2.26. The molecule has 0 bridgehead atoms. The molecule has 4 N–H and O–H groups in total. The fourth-order valence-electron chi connectivity index (χ4n) is 2.88. The van der Waals surface area contributed by atoms with Crippen molar-refractivity contribution in [3.63, 3.8) is 0 Å². The van der Waals surface area contributed by atoms with Crippen LogP contribution >= 0.6 is 0 Å². The zero-order valence-corrected chi connectivity index (χ0v) is 14.2. The zero-order chi connectivity index (χ0) is 18.1. The highest BCUT2D eigenvalue weighted by atomic mass is 16.4. The van der Waals surface area contributed by atoms with Gasteiger partial charge in [0.1, 0.15) is 0 Å². The zero-order valence-electron chi connectivity index (χ0n) is 14.2. The molecule has 1 aliphatic carbocycles. The van der Waals surface area contributed by atoms with Crippen molar-refractivity contribution in [1.82, 2.24) is 10.6 Å². The van der Waals surface area contributed by atoms with Crippen LogP contribution in [0.15, 0.2) is 24.3 Å². The average molecular weight is 347 g/mol. The average Bonchev–Trinajstić information content (AvgIpc) is 3.12. The number of anilines is 1. The molecule has 1 aromatic carbocycles. The van der Waals surface area contributed by atoms with Crippen molar-refractivity contribution < 1.29 is 19.5 Å². The Bertz CT molecular complexity index is 612. The predicted octanol–water partition coefficient (Wildman–Crippen LogP) is 2.48. The van der Waals surface area contributed by atoms with E-state index in [4.69, 9.17) is 5.11 Å². The fourth-order valence-corrected chi connectivity index (χ4v) is 2.88. The number of carboxylic acids is 1. The molecule has 1 aliphatic rings. The van der Waals surface area contributed by atoms with Gasteiger partial charge in [-0.3, -0.25) is 9.59 Å². The lowest BCUT2D eigenvalue weighted by molar-refractivity contribution is -0.137. The van der Waals surface area contributed by atoms with Gasteiger partial charge in [-0.25, -0.2) is 4.79 Å². The molecule has 7 heteroatoms. The van der Waals surface area contributed by atoms with Gasteiger partial charge in [-0.1, -0.05) is 25.0 Å². The summed E-state index contributed by atoms with van der Waals surface area (Å²) in [7, 11) is 0. The molecule has 0 spiro atoms. The van der Waals surface area contributed by atoms with E-state index in [1.165, 1.54) is 0 Å². The van der Waals surface area contributed by atoms with Crippen molar-refractivity contribution in [3.05, 3.63) is 29.8 Å². The smallest absolute Gasteiger partial charge is 0.315 e. The fraction of sp³-hybridized carbons (Fsp3) is 0.500. The summed E-state index contributed by atoms with van der Waals surface area (Å²) in [5.74, 6) is -0.698. The molecule has 136 valence electrons. The van der Waals surface area contributed by atoms with Crippen molar-refractivity contribution in [2.75, 3.05) is 11.9 Å². The monoisotopic (exact) mass is 347 g/mol. The Balaban J connectivity index is 1.74. The number of rotatable bonds is 8. The summed E-state index contributed by atoms with van der Waals surface area (Å²) in [6, 6.07) is 7.05. The van der Waals surface area contributed by atoms with Crippen LogP contribution in [-0.4, -0.2) is 29.6 Å². The number of carboxylic acid groups (broad SMARTS) is 1. The van der Waals surface area contributed by atoms with Crippen LogP contribution in [0.5, 0.6) is 0 Å². The first-order valence-electron chi connectivity index (χ1n) is 8.68. The molecule has 0 atom stereocenters. The van der Waals surface area contributed by atoms with Gasteiger partial charge < -0.3 is 21.1 Å². The number of carbonyl (C=O) groups is 3. The lowest BCUT2D eigenvalue weighted by Gasteiger charge is -2.12. The molecular formula is C18H25N3O4. The SMILES string of the molecule is O=C(O)CCCNC(=O)NCc1cccc(NC(=O)C2CCCC2)c1. The third-order valence-electron chi connectivity index (χ3n) is 4.23. The van der Waals surface area contributed by atoms with E-state index >= 15 is 0 Å². The standard InChI is InChI=1S/C18H25N3O4/c22-16(23)9-4-10-19-18(25)20-12-13-5-3-8-15(11-13)21-17(24)14-6-1-2-7-14/h3,5,8,11,14H,1-2,4,6-7,9-10,12H2,(H,21,24)(H,22,23)(H2,19,20,25). The molecule has 0 heterocycles. The third kappa shape index (κ3) is 6.82. The number of urea groups is 1. The first kappa shape index (κ1) is 18.8. The minimum Gasteiger partial charge on any atom is -0.481 e. The van der Waals surface area contributed by atoms with Crippen LogP contribution < -0.4 is 16.0 Å². The molecule has 0 unspecified atom stereocenters. The second kappa shape index (κ2) is 9.66. The largest absolute Gasteiger partial charge is 0.481 e. The van der Waals surface area contributed by atoms with Crippen LogP contribution in [0.4, 0.5) is 10.5 Å². The molecule has 2 rings (SSSR count). The lowest BCUT2D eigenvalue weighted by Crippen LogP contribution is -2.35. The maximum atomic E-state index is 12.2. The number of amides is 3. The van der Waals surface area contributed by atoms with Gasteiger partial charge in [0.15, 0.2) is 0 Å². The summed E-state index contributed by atoms with van der Waals surface area (Å²) < 4.78 is 0. The number of aliphatic carboxylic acids is 1. The van der Waals surface area contributed by atoms with E-state index in [2.05, 4.69) is 16.0 Å². The lowest BCUT2D eigenvalue weighted by atomic mass is 10.1. The second-order valence-corrected chi connectivity index (χ2v) is 6.28. The van der Waals surface area contributed by atoms with Crippen molar-refractivity contribution in [1.29, 1.82) is 0 Å². The molecule has 25 heavy (non-hydrogen) atoms. The Labute approximate surface area is 147 Å². The predicted molar refractivity (Wildman–Crippen MR) is 94.1 cm³/mol. The molecule has 0 saturated heterocycles. The van der Waals surface area contributed by atoms with Crippen LogP contribution in [0.3, 0.4) is 0 Å². The van der Waals surface area contributed by atoms with Gasteiger partial charge in [-0.2, -0.15) is 0 Å². The van der Waals surface area contributed by atoms with Gasteiger partial charge in [0, 0.05) is 31.1 Å². The Kier molecular flexibility index (Phi) is 7.25. The Morgan fingerprint density at radius 2 is 1.88 bits per heavy atom. The van der Waals surface area contributed by atoms with Gasteiger partial charge in [0.2, 0.25) is 5.91 Å². The second-order valence-electron chi connectivity index (χ2n) is 6.28. The summed E-state index contributed by atoms with van der Waals surface area (Å²) >= 11 is 0. The molecule has 0 aliphatic heterocycles. The normalized spacial score (nSPS) is 14.1. The summed E-state index contributed by atoms with van der Waals surface area (Å²) in [6.45, 7) is 0.646. The van der Waals surface area contributed by atoms with E-state index in [1.54, 1.807) is 0 Å². The summed E-state index contributed by atoms with van der Waals surface area (Å²) in [5, 5.41) is 16.8. The summed E-state index contributed by atoms with van der Waals surface area (Å²) in [5.41, 5.74) is 1.61. The van der Waals surface area contributed by atoms with E-state index in [0.717, 1.165) is 36.9 Å². The van der Waals surface area contributed by atoms with Crippen LogP contribution in [0.25, 0.3) is 0 Å². The van der Waals surface area contributed by atoms with E-state index in [-0.39, 0.29) is 24.3 Å². The number of nitrogens with one attached hydrogen (secondary N) is 3. The van der Waals surface area contributed by atoms with Crippen molar-refractivity contribution in [2.24, 2.45) is 5.92 Å². The molecule has 0 aromatic heterocycles.